The van der Waals surface area contributed by atoms with E-state index in [1.54, 1.807) is 36.8 Å². The minimum Gasteiger partial charge on any atom is -0.498 e. The average Bonchev–Trinajstić information content (AvgIpc) is 2.91. The van der Waals surface area contributed by atoms with Gasteiger partial charge in [0.15, 0.2) is 5.43 Å². The Morgan fingerprint density at radius 2 is 1.53 bits per heavy atom. The number of rotatable bonds is 2. The molecule has 0 saturated carbocycles. The van der Waals surface area contributed by atoms with Crippen LogP contribution in [-0.2, 0) is 20.1 Å². The van der Waals surface area contributed by atoms with Crippen molar-refractivity contribution in [3.8, 4) is 22.5 Å². The number of fused-ring (bicyclic) bond motifs is 2. The number of nitrogens with zero attached hydrogens (tertiary/aromatic N) is 3. The molecule has 5 nitrogen and oxygen atoms in total. The molecule has 1 radical (unpaired) electrons. The van der Waals surface area contributed by atoms with E-state index in [9.17, 15) is 4.79 Å². The predicted octanol–water partition coefficient (Wildman–Crippen LogP) is 6.37. The van der Waals surface area contributed by atoms with Crippen molar-refractivity contribution in [2.45, 2.75) is 13.8 Å². The monoisotopic (exact) mass is 648 g/mol. The summed E-state index contributed by atoms with van der Waals surface area (Å²) in [6, 6.07) is 29.0. The van der Waals surface area contributed by atoms with Crippen LogP contribution in [0.3, 0.4) is 0 Å². The molecule has 4 heterocycles. The number of aromatic nitrogens is 3. The molecule has 4 aromatic heterocycles. The third kappa shape index (κ3) is 5.01. The van der Waals surface area contributed by atoms with Gasteiger partial charge in [0.2, 0.25) is 0 Å². The van der Waals surface area contributed by atoms with Crippen LogP contribution in [0.4, 0.5) is 0 Å². The van der Waals surface area contributed by atoms with Crippen molar-refractivity contribution in [1.82, 2.24) is 15.0 Å². The van der Waals surface area contributed by atoms with Crippen molar-refractivity contribution in [3.63, 3.8) is 0 Å². The van der Waals surface area contributed by atoms with Gasteiger partial charge < -0.3 is 14.4 Å². The average molecular weight is 648 g/mol. The second-order valence-electron chi connectivity index (χ2n) is 7.96. The predicted molar refractivity (Wildman–Crippen MR) is 138 cm³/mol. The van der Waals surface area contributed by atoms with Crippen molar-refractivity contribution in [2.75, 3.05) is 0 Å². The molecule has 0 amide bonds. The van der Waals surface area contributed by atoms with Gasteiger partial charge in [0.05, 0.1) is 16.7 Å². The molecule has 0 aliphatic rings. The number of aryl methyl sites for hydroxylation is 2. The molecule has 0 atom stereocenters. The molecular weight excluding hydrogens is 627 g/mol. The third-order valence-electron chi connectivity index (χ3n) is 5.62. The molecule has 0 bridgehead atoms. The largest absolute Gasteiger partial charge is 0.498 e. The van der Waals surface area contributed by atoms with Crippen LogP contribution in [0, 0.1) is 26.0 Å². The van der Waals surface area contributed by atoms with Crippen molar-refractivity contribution >= 4 is 21.9 Å². The molecule has 2 aromatic carbocycles. The van der Waals surface area contributed by atoms with Gasteiger partial charge in [0.25, 0.3) is 0 Å². The Balaban J connectivity index is 0.000000198. The zero-order valence-electron chi connectivity index (χ0n) is 19.7. The van der Waals surface area contributed by atoms with E-state index in [0.29, 0.717) is 33.2 Å². The van der Waals surface area contributed by atoms with Crippen molar-refractivity contribution in [1.29, 1.82) is 0 Å². The molecule has 0 aliphatic heterocycles. The fraction of sp³-hybridized carbons (Fsp3) is 0.0667. The summed E-state index contributed by atoms with van der Waals surface area (Å²) < 4.78 is 6.06. The quantitative estimate of drug-likeness (QED) is 0.162. The molecule has 0 aliphatic carbocycles. The molecule has 0 N–H and O–H groups in total. The van der Waals surface area contributed by atoms with E-state index >= 15 is 0 Å². The Morgan fingerprint density at radius 1 is 0.722 bits per heavy atom. The zero-order chi connectivity index (χ0) is 24.2. The van der Waals surface area contributed by atoms with Crippen LogP contribution in [0.15, 0.2) is 101 Å². The molecule has 6 heteroatoms. The minimum absolute atomic E-state index is 0. The molecule has 0 fully saturated rings. The first-order valence-electron chi connectivity index (χ1n) is 11.2. The Bertz CT molecular complexity index is 1650. The number of benzene rings is 2. The Kier molecular flexibility index (Phi) is 7.79. The standard InChI is InChI=1S/C19H13N2O2.C11H8N.Ir/c1-11-5-4-9-21-16(11)13-6-3-7-14-17(22)15-8-10-20-12(2)18(15)23-19(13)14;1-2-6-10(7-3-1)11-8-4-5-9-12-11;/h3-5,7-10H,1-2H3;1-6,8-9H;/q2*-1;. The Labute approximate surface area is 222 Å². The normalized spacial score (nSPS) is 10.4. The van der Waals surface area contributed by atoms with E-state index in [4.69, 9.17) is 4.42 Å². The first-order chi connectivity index (χ1) is 17.1. The first-order valence-corrected chi connectivity index (χ1v) is 11.2. The van der Waals surface area contributed by atoms with Crippen LogP contribution in [0.5, 0.6) is 0 Å². The van der Waals surface area contributed by atoms with Crippen LogP contribution in [-0.4, -0.2) is 15.0 Å². The van der Waals surface area contributed by atoms with Crippen molar-refractivity contribution in [3.05, 3.63) is 125 Å². The van der Waals surface area contributed by atoms with Gasteiger partial charge >= 0.3 is 0 Å². The maximum absolute atomic E-state index is 12.8. The van der Waals surface area contributed by atoms with Crippen molar-refractivity contribution < 1.29 is 24.5 Å². The van der Waals surface area contributed by atoms with E-state index in [0.717, 1.165) is 22.5 Å². The first kappa shape index (κ1) is 25.1. The molecule has 0 saturated heterocycles. The van der Waals surface area contributed by atoms with Gasteiger partial charge in [-0.05, 0) is 48.8 Å². The zero-order valence-corrected chi connectivity index (χ0v) is 22.0. The van der Waals surface area contributed by atoms with Gasteiger partial charge in [0, 0.05) is 38.7 Å². The fourth-order valence-corrected chi connectivity index (χ4v) is 3.87. The van der Waals surface area contributed by atoms with Crippen LogP contribution in [0.2, 0.25) is 0 Å². The molecule has 0 spiro atoms. The molecule has 36 heavy (non-hydrogen) atoms. The summed E-state index contributed by atoms with van der Waals surface area (Å²) in [5, 5.41) is 1.07. The second-order valence-corrected chi connectivity index (χ2v) is 7.96. The van der Waals surface area contributed by atoms with Crippen LogP contribution < -0.4 is 5.43 Å². The van der Waals surface area contributed by atoms with Gasteiger partial charge in [0.1, 0.15) is 5.58 Å². The van der Waals surface area contributed by atoms with Gasteiger partial charge in [-0.3, -0.25) is 9.78 Å². The number of pyridine rings is 3. The van der Waals surface area contributed by atoms with Gasteiger partial charge in [-0.2, -0.15) is 0 Å². The van der Waals surface area contributed by atoms with E-state index in [-0.39, 0.29) is 25.5 Å². The third-order valence-corrected chi connectivity index (χ3v) is 5.62. The van der Waals surface area contributed by atoms with E-state index in [2.05, 4.69) is 27.1 Å². The maximum Gasteiger partial charge on any atom is 0.182 e. The summed E-state index contributed by atoms with van der Waals surface area (Å²) in [7, 11) is 0. The molecule has 6 rings (SSSR count). The Morgan fingerprint density at radius 3 is 2.28 bits per heavy atom. The van der Waals surface area contributed by atoms with E-state index < -0.39 is 0 Å². The summed E-state index contributed by atoms with van der Waals surface area (Å²) in [5.41, 5.74) is 6.12. The van der Waals surface area contributed by atoms with Gasteiger partial charge in [-0.15, -0.1) is 54.1 Å². The van der Waals surface area contributed by atoms with Gasteiger partial charge in [-0.1, -0.05) is 29.3 Å². The summed E-state index contributed by atoms with van der Waals surface area (Å²) >= 11 is 0. The van der Waals surface area contributed by atoms with E-state index in [1.165, 1.54) is 0 Å². The molecule has 6 aromatic rings. The topological polar surface area (TPSA) is 68.9 Å². The van der Waals surface area contributed by atoms with Crippen molar-refractivity contribution in [2.24, 2.45) is 0 Å². The minimum atomic E-state index is -0.0596. The summed E-state index contributed by atoms with van der Waals surface area (Å²) in [5.74, 6) is 0. The molecule has 179 valence electrons. The second kappa shape index (κ2) is 11.2. The number of hydrogen-bond donors (Lipinski definition) is 0. The maximum atomic E-state index is 12.8. The summed E-state index contributed by atoms with van der Waals surface area (Å²) in [4.78, 5) is 25.6. The Hall–Kier alpha value is -3.99. The van der Waals surface area contributed by atoms with Crippen LogP contribution in [0.1, 0.15) is 11.3 Å². The summed E-state index contributed by atoms with van der Waals surface area (Å²) in [6.07, 6.45) is 5.14. The fourth-order valence-electron chi connectivity index (χ4n) is 3.87. The molecular formula is C30H21IrN3O2-2. The van der Waals surface area contributed by atoms with Crippen LogP contribution in [0.25, 0.3) is 44.5 Å². The van der Waals surface area contributed by atoms with Crippen LogP contribution >= 0.6 is 0 Å². The smallest absolute Gasteiger partial charge is 0.182 e. The molecule has 0 unspecified atom stereocenters. The SMILES string of the molecule is Cc1cccnc1-c1[c-]ccc2c(=O)c3ccnc(C)c3oc12.[Ir].[c-]1ccccc1-c1ccccn1. The van der Waals surface area contributed by atoms with E-state index in [1.807, 2.05) is 68.4 Å². The van der Waals surface area contributed by atoms with Gasteiger partial charge in [-0.25, -0.2) is 0 Å². The summed E-state index contributed by atoms with van der Waals surface area (Å²) in [6.45, 7) is 3.80. The number of hydrogen-bond acceptors (Lipinski definition) is 5.